The maximum atomic E-state index is 14.5. The molecule has 2 heterocycles. The van der Waals surface area contributed by atoms with Gasteiger partial charge in [-0.25, -0.2) is 14.6 Å². The fourth-order valence-corrected chi connectivity index (χ4v) is 2.92. The molecule has 0 atom stereocenters. The second kappa shape index (κ2) is 5.72. The minimum atomic E-state index is -0.757. The summed E-state index contributed by atoms with van der Waals surface area (Å²) in [6.45, 7) is 0. The van der Waals surface area contributed by atoms with Crippen LogP contribution in [0.2, 0.25) is 5.02 Å². The number of fused-ring (bicyclic) bond motifs is 1. The number of aromatic nitrogens is 2. The molecule has 3 aromatic rings. The molecule has 0 aliphatic heterocycles. The summed E-state index contributed by atoms with van der Waals surface area (Å²) in [6, 6.07) is 5.76. The van der Waals surface area contributed by atoms with Gasteiger partial charge >= 0.3 is 11.2 Å². The Balaban J connectivity index is 2.78. The lowest BCUT2D eigenvalue weighted by Gasteiger charge is -2.12. The van der Waals surface area contributed by atoms with Gasteiger partial charge in [0.2, 0.25) is 5.71 Å². The molecule has 0 saturated heterocycles. The molecule has 126 valence electrons. The lowest BCUT2D eigenvalue weighted by atomic mass is 9.98. The molecule has 0 aliphatic rings. The normalized spacial score (nSPS) is 10.8. The van der Waals surface area contributed by atoms with Crippen molar-refractivity contribution in [1.29, 1.82) is 5.26 Å². The van der Waals surface area contributed by atoms with Crippen LogP contribution in [0, 0.1) is 17.1 Å². The Kier molecular flexibility index (Phi) is 3.81. The van der Waals surface area contributed by atoms with Crippen molar-refractivity contribution >= 4 is 22.7 Å². The summed E-state index contributed by atoms with van der Waals surface area (Å²) in [6.07, 6.45) is 0. The van der Waals surface area contributed by atoms with Gasteiger partial charge in [0.1, 0.15) is 17.3 Å². The quantitative estimate of drug-likeness (QED) is 0.649. The van der Waals surface area contributed by atoms with Crippen molar-refractivity contribution in [3.05, 3.63) is 61.0 Å². The van der Waals surface area contributed by atoms with Gasteiger partial charge in [-0.15, -0.1) is 0 Å². The third-order valence-electron chi connectivity index (χ3n) is 3.89. The number of nitriles is 1. The van der Waals surface area contributed by atoms with Gasteiger partial charge in [-0.2, -0.15) is 5.26 Å². The Morgan fingerprint density at radius 3 is 2.52 bits per heavy atom. The lowest BCUT2D eigenvalue weighted by molar-refractivity contribution is -0.197. The highest BCUT2D eigenvalue weighted by Crippen LogP contribution is 2.35. The van der Waals surface area contributed by atoms with Crippen LogP contribution in [0.5, 0.6) is 0 Å². The molecule has 0 unspecified atom stereocenters. The average molecular weight is 362 g/mol. The van der Waals surface area contributed by atoms with E-state index in [1.54, 1.807) is 0 Å². The largest absolute Gasteiger partial charge is 0.386 e. The number of halogens is 2. The smallest absolute Gasteiger partial charge is 0.384 e. The number of hydrogen-bond acceptors (Lipinski definition) is 4. The van der Waals surface area contributed by atoms with Gasteiger partial charge in [-0.3, -0.25) is 13.9 Å². The summed E-state index contributed by atoms with van der Waals surface area (Å²) in [5.74, 6) is -0.744. The highest BCUT2D eigenvalue weighted by Gasteiger charge is 2.26. The molecule has 2 aromatic heterocycles. The second-order valence-corrected chi connectivity index (χ2v) is 5.72. The molecule has 9 heteroatoms. The standard InChI is InChI=1S/C16H10ClFN4O3/c1-21-14(23)12-10(11-8(17)4-3-5-9(11)18)7(6-19)13(20)25-15(12)22(2)16(21)24/h3-5,20H,1-2H3/p+1. The van der Waals surface area contributed by atoms with Crippen molar-refractivity contribution in [1.82, 2.24) is 9.13 Å². The second-order valence-electron chi connectivity index (χ2n) is 5.31. The van der Waals surface area contributed by atoms with Crippen molar-refractivity contribution in [3.63, 3.8) is 0 Å². The SMILES string of the molecule is Cn1c(=O)c2c(-c3c(F)cccc3Cl)c(C#N)c(=[NH2+])oc2n(C)c1=O. The fraction of sp³-hybridized carbons (Fsp3) is 0.125. The maximum absolute atomic E-state index is 14.5. The van der Waals surface area contributed by atoms with E-state index in [4.69, 9.17) is 21.4 Å². The van der Waals surface area contributed by atoms with Crippen LogP contribution >= 0.6 is 11.6 Å². The van der Waals surface area contributed by atoms with Gasteiger partial charge in [0.25, 0.3) is 5.56 Å². The minimum absolute atomic E-state index is 0.0145. The van der Waals surface area contributed by atoms with Crippen molar-refractivity contribution in [2.75, 3.05) is 0 Å². The zero-order chi connectivity index (χ0) is 18.5. The molecule has 0 saturated carbocycles. The molecular weight excluding hydrogens is 351 g/mol. The van der Waals surface area contributed by atoms with Crippen LogP contribution in [0.15, 0.2) is 32.2 Å². The first kappa shape index (κ1) is 16.7. The molecule has 2 N–H and O–H groups in total. The molecule has 0 aliphatic carbocycles. The number of hydrogen-bond donors (Lipinski definition) is 1. The van der Waals surface area contributed by atoms with E-state index in [9.17, 15) is 19.2 Å². The van der Waals surface area contributed by atoms with E-state index in [1.165, 1.54) is 26.2 Å². The number of rotatable bonds is 1. The number of nitrogens with two attached hydrogens (primary N) is 1. The topological polar surface area (TPSA) is 107 Å². The van der Waals surface area contributed by atoms with Gasteiger partial charge in [-0.05, 0) is 12.1 Å². The molecule has 0 radical (unpaired) electrons. The zero-order valence-electron chi connectivity index (χ0n) is 13.1. The Bertz CT molecular complexity index is 1240. The van der Waals surface area contributed by atoms with Gasteiger partial charge < -0.3 is 4.42 Å². The molecule has 25 heavy (non-hydrogen) atoms. The predicted octanol–water partition coefficient (Wildman–Crippen LogP) is -0.179. The molecular formula is C16H11ClFN4O3+. The molecule has 7 nitrogen and oxygen atoms in total. The number of nitrogens with zero attached hydrogens (tertiary/aromatic N) is 3. The summed E-state index contributed by atoms with van der Waals surface area (Å²) in [7, 11) is 2.63. The Morgan fingerprint density at radius 1 is 1.24 bits per heavy atom. The van der Waals surface area contributed by atoms with E-state index in [2.05, 4.69) is 0 Å². The number of aryl methyl sites for hydroxylation is 1. The van der Waals surface area contributed by atoms with Crippen molar-refractivity contribution < 1.29 is 14.2 Å². The summed E-state index contributed by atoms with van der Waals surface area (Å²) >= 11 is 6.11. The monoisotopic (exact) mass is 361 g/mol. The van der Waals surface area contributed by atoms with Crippen LogP contribution in [-0.4, -0.2) is 9.13 Å². The van der Waals surface area contributed by atoms with E-state index in [-0.39, 0.29) is 38.4 Å². The zero-order valence-corrected chi connectivity index (χ0v) is 13.9. The molecule has 3 rings (SSSR count). The fourth-order valence-electron chi connectivity index (χ4n) is 2.66. The summed E-state index contributed by atoms with van der Waals surface area (Å²) in [5.41, 5.74) is -2.46. The van der Waals surface area contributed by atoms with E-state index in [0.717, 1.165) is 15.2 Å². The van der Waals surface area contributed by atoms with Crippen molar-refractivity contribution in [2.24, 2.45) is 14.1 Å². The van der Waals surface area contributed by atoms with Crippen LogP contribution in [0.25, 0.3) is 22.2 Å². The van der Waals surface area contributed by atoms with Crippen molar-refractivity contribution in [3.8, 4) is 17.2 Å². The Labute approximate surface area is 144 Å². The van der Waals surface area contributed by atoms with Crippen LogP contribution in [0.3, 0.4) is 0 Å². The van der Waals surface area contributed by atoms with Gasteiger partial charge in [0.15, 0.2) is 5.56 Å². The lowest BCUT2D eigenvalue weighted by Crippen LogP contribution is -2.47. The van der Waals surface area contributed by atoms with Crippen LogP contribution in [0.4, 0.5) is 4.39 Å². The van der Waals surface area contributed by atoms with E-state index in [0.29, 0.717) is 0 Å². The first-order valence-corrected chi connectivity index (χ1v) is 7.37. The average Bonchev–Trinajstić information content (AvgIpc) is 2.57. The highest BCUT2D eigenvalue weighted by atomic mass is 35.5. The highest BCUT2D eigenvalue weighted by molar-refractivity contribution is 6.33. The van der Waals surface area contributed by atoms with Crippen LogP contribution < -0.4 is 22.2 Å². The number of benzene rings is 1. The first-order valence-electron chi connectivity index (χ1n) is 6.99. The van der Waals surface area contributed by atoms with Crippen molar-refractivity contribution in [2.45, 2.75) is 0 Å². The first-order chi connectivity index (χ1) is 11.8. The molecule has 0 amide bonds. The maximum Gasteiger partial charge on any atom is 0.384 e. The van der Waals surface area contributed by atoms with Crippen LogP contribution in [-0.2, 0) is 14.1 Å². The van der Waals surface area contributed by atoms with E-state index in [1.807, 2.05) is 6.07 Å². The minimum Gasteiger partial charge on any atom is -0.386 e. The Morgan fingerprint density at radius 2 is 1.92 bits per heavy atom. The molecule has 1 aromatic carbocycles. The van der Waals surface area contributed by atoms with Gasteiger partial charge in [-0.1, -0.05) is 17.7 Å². The predicted molar refractivity (Wildman–Crippen MR) is 86.9 cm³/mol. The van der Waals surface area contributed by atoms with Gasteiger partial charge in [0.05, 0.1) is 5.02 Å². The third kappa shape index (κ3) is 2.28. The van der Waals surface area contributed by atoms with Crippen LogP contribution in [0.1, 0.15) is 5.56 Å². The molecule has 0 fully saturated rings. The van der Waals surface area contributed by atoms with Gasteiger partial charge in [0, 0.05) is 25.2 Å². The molecule has 0 bridgehead atoms. The third-order valence-corrected chi connectivity index (χ3v) is 4.20. The molecule has 0 spiro atoms. The summed E-state index contributed by atoms with van der Waals surface area (Å²) < 4.78 is 21.7. The van der Waals surface area contributed by atoms with E-state index < -0.39 is 17.1 Å². The summed E-state index contributed by atoms with van der Waals surface area (Å²) in [4.78, 5) is 24.8. The Hall–Kier alpha value is -3.18. The van der Waals surface area contributed by atoms with E-state index >= 15 is 0 Å². The summed E-state index contributed by atoms with van der Waals surface area (Å²) in [5, 5.41) is 15.0.